The zero-order valence-electron chi connectivity index (χ0n) is 10.2. The molecule has 1 aromatic heterocycles. The molecule has 0 amide bonds. The van der Waals surface area contributed by atoms with Crippen molar-refractivity contribution in [2.75, 3.05) is 18.1 Å². The summed E-state index contributed by atoms with van der Waals surface area (Å²) in [5, 5.41) is 3.38. The van der Waals surface area contributed by atoms with Gasteiger partial charge in [0.05, 0.1) is 22.7 Å². The van der Waals surface area contributed by atoms with Crippen molar-refractivity contribution in [3.63, 3.8) is 0 Å². The smallest absolute Gasteiger partial charge is 0.152 e. The van der Waals surface area contributed by atoms with Crippen LogP contribution in [0.3, 0.4) is 0 Å². The number of hydrogen-bond donors (Lipinski definition) is 1. The Kier molecular flexibility index (Phi) is 3.56. The van der Waals surface area contributed by atoms with Crippen molar-refractivity contribution in [1.29, 1.82) is 0 Å². The average Bonchev–Trinajstić information content (AvgIpc) is 2.72. The lowest BCUT2D eigenvalue weighted by atomic mass is 10.0. The van der Waals surface area contributed by atoms with Crippen molar-refractivity contribution < 1.29 is 8.42 Å². The van der Waals surface area contributed by atoms with Crippen LogP contribution >= 0.6 is 11.3 Å². The van der Waals surface area contributed by atoms with Crippen molar-refractivity contribution in [1.82, 2.24) is 10.3 Å². The van der Waals surface area contributed by atoms with Gasteiger partial charge in [-0.1, -0.05) is 0 Å². The molecule has 0 aliphatic carbocycles. The highest BCUT2D eigenvalue weighted by molar-refractivity contribution is 7.91. The van der Waals surface area contributed by atoms with Crippen LogP contribution in [0.2, 0.25) is 0 Å². The number of thiazole rings is 1. The molecule has 0 bridgehead atoms. The fraction of sp³-hybridized carbons (Fsp3) is 0.727. The Morgan fingerprint density at radius 3 is 2.88 bits per heavy atom. The lowest BCUT2D eigenvalue weighted by Crippen LogP contribution is -2.44. The van der Waals surface area contributed by atoms with Gasteiger partial charge in [0.15, 0.2) is 9.84 Å². The van der Waals surface area contributed by atoms with Crippen molar-refractivity contribution in [3.8, 4) is 0 Å². The molecular formula is C11H18N2O2S2. The fourth-order valence-electron chi connectivity index (χ4n) is 2.19. The summed E-state index contributed by atoms with van der Waals surface area (Å²) in [6, 6.07) is 0. The van der Waals surface area contributed by atoms with Crippen LogP contribution in [0.1, 0.15) is 23.9 Å². The molecular weight excluding hydrogens is 256 g/mol. The Balaban J connectivity index is 1.85. The first kappa shape index (κ1) is 13.0. The summed E-state index contributed by atoms with van der Waals surface area (Å²) in [6.45, 7) is 4.82. The van der Waals surface area contributed by atoms with Gasteiger partial charge >= 0.3 is 0 Å². The van der Waals surface area contributed by atoms with Gasteiger partial charge in [0.1, 0.15) is 0 Å². The van der Waals surface area contributed by atoms with Crippen LogP contribution in [0.5, 0.6) is 0 Å². The van der Waals surface area contributed by atoms with Crippen LogP contribution in [-0.2, 0) is 16.3 Å². The Morgan fingerprint density at radius 2 is 2.35 bits per heavy atom. The van der Waals surface area contributed by atoms with Crippen LogP contribution in [0.25, 0.3) is 0 Å². The average molecular weight is 274 g/mol. The number of hydrogen-bond acceptors (Lipinski definition) is 5. The SMILES string of the molecule is Cc1ncsc1CCNC1(C)CCS(=O)(=O)C1. The Hall–Kier alpha value is -0.460. The first-order chi connectivity index (χ1) is 7.90. The van der Waals surface area contributed by atoms with Crippen molar-refractivity contribution in [2.24, 2.45) is 0 Å². The number of nitrogens with zero attached hydrogens (tertiary/aromatic N) is 1. The van der Waals surface area contributed by atoms with E-state index in [4.69, 9.17) is 0 Å². The minimum atomic E-state index is -2.82. The largest absolute Gasteiger partial charge is 0.310 e. The molecule has 96 valence electrons. The highest BCUT2D eigenvalue weighted by atomic mass is 32.2. The van der Waals surface area contributed by atoms with Crippen LogP contribution in [0.15, 0.2) is 5.51 Å². The maximum absolute atomic E-state index is 11.4. The van der Waals surface area contributed by atoms with Crippen LogP contribution < -0.4 is 5.32 Å². The fourth-order valence-corrected chi connectivity index (χ4v) is 5.10. The molecule has 1 fully saturated rings. The lowest BCUT2D eigenvalue weighted by molar-refractivity contribution is 0.401. The normalized spacial score (nSPS) is 27.4. The van der Waals surface area contributed by atoms with E-state index >= 15 is 0 Å². The molecule has 1 N–H and O–H groups in total. The maximum atomic E-state index is 11.4. The molecule has 0 aromatic carbocycles. The Morgan fingerprint density at radius 1 is 1.59 bits per heavy atom. The summed E-state index contributed by atoms with van der Waals surface area (Å²) in [5.74, 6) is 0.581. The van der Waals surface area contributed by atoms with E-state index in [-0.39, 0.29) is 11.3 Å². The van der Waals surface area contributed by atoms with Gasteiger partial charge in [-0.25, -0.2) is 13.4 Å². The molecule has 17 heavy (non-hydrogen) atoms. The first-order valence-electron chi connectivity index (χ1n) is 5.75. The van der Waals surface area contributed by atoms with Gasteiger partial charge in [-0.3, -0.25) is 0 Å². The number of aromatic nitrogens is 1. The molecule has 4 nitrogen and oxygen atoms in total. The van der Waals surface area contributed by atoms with E-state index in [1.165, 1.54) is 4.88 Å². The highest BCUT2D eigenvalue weighted by Crippen LogP contribution is 2.23. The quantitative estimate of drug-likeness (QED) is 0.895. The summed E-state index contributed by atoms with van der Waals surface area (Å²) >= 11 is 1.66. The highest BCUT2D eigenvalue weighted by Gasteiger charge is 2.37. The molecule has 1 aliphatic rings. The van der Waals surface area contributed by atoms with Gasteiger partial charge in [0, 0.05) is 17.0 Å². The number of nitrogens with one attached hydrogen (secondary N) is 1. The zero-order chi connectivity index (χ0) is 12.5. The molecule has 1 aromatic rings. The van der Waals surface area contributed by atoms with Crippen molar-refractivity contribution in [3.05, 3.63) is 16.1 Å². The minimum absolute atomic E-state index is 0.239. The van der Waals surface area contributed by atoms with Gasteiger partial charge < -0.3 is 5.32 Å². The van der Waals surface area contributed by atoms with Gasteiger partial charge in [-0.05, 0) is 26.7 Å². The Labute approximate surface area is 106 Å². The second-order valence-electron chi connectivity index (χ2n) is 4.94. The summed E-state index contributed by atoms with van der Waals surface area (Å²) in [4.78, 5) is 5.48. The number of rotatable bonds is 4. The summed E-state index contributed by atoms with van der Waals surface area (Å²) in [6.07, 6.45) is 1.64. The van der Waals surface area contributed by atoms with Gasteiger partial charge in [0.25, 0.3) is 0 Å². The van der Waals surface area contributed by atoms with Crippen molar-refractivity contribution >= 4 is 21.2 Å². The lowest BCUT2D eigenvalue weighted by Gasteiger charge is -2.23. The van der Waals surface area contributed by atoms with E-state index in [0.29, 0.717) is 5.75 Å². The second-order valence-corrected chi connectivity index (χ2v) is 8.06. The molecule has 0 spiro atoms. The first-order valence-corrected chi connectivity index (χ1v) is 8.45. The molecule has 0 radical (unpaired) electrons. The van der Waals surface area contributed by atoms with Gasteiger partial charge in [0.2, 0.25) is 0 Å². The van der Waals surface area contributed by atoms with E-state index in [1.807, 2.05) is 19.4 Å². The number of aryl methyl sites for hydroxylation is 1. The predicted molar refractivity (Wildman–Crippen MR) is 70.2 cm³/mol. The predicted octanol–water partition coefficient (Wildman–Crippen LogP) is 1.16. The maximum Gasteiger partial charge on any atom is 0.152 e. The molecule has 1 unspecified atom stereocenters. The van der Waals surface area contributed by atoms with E-state index in [2.05, 4.69) is 10.3 Å². The summed E-state index contributed by atoms with van der Waals surface area (Å²) in [5.41, 5.74) is 2.70. The third-order valence-corrected chi connectivity index (χ3v) is 6.15. The standard InChI is InChI=1S/C11H18N2O2S2/c1-9-10(16-8-12-9)3-5-13-11(2)4-6-17(14,15)7-11/h8,13H,3-7H2,1-2H3. The topological polar surface area (TPSA) is 59.1 Å². The third-order valence-electron chi connectivity index (χ3n) is 3.25. The molecule has 0 saturated carbocycles. The minimum Gasteiger partial charge on any atom is -0.310 e. The molecule has 1 saturated heterocycles. The van der Waals surface area contributed by atoms with E-state index < -0.39 is 9.84 Å². The third kappa shape index (κ3) is 3.26. The van der Waals surface area contributed by atoms with Crippen LogP contribution in [0.4, 0.5) is 0 Å². The molecule has 2 rings (SSSR count). The van der Waals surface area contributed by atoms with E-state index in [9.17, 15) is 8.42 Å². The van der Waals surface area contributed by atoms with Crippen molar-refractivity contribution in [2.45, 2.75) is 32.2 Å². The van der Waals surface area contributed by atoms with Crippen LogP contribution in [0, 0.1) is 6.92 Å². The van der Waals surface area contributed by atoms with Gasteiger partial charge in [-0.2, -0.15) is 0 Å². The monoisotopic (exact) mass is 274 g/mol. The Bertz CT molecular complexity index is 495. The summed E-state index contributed by atoms with van der Waals surface area (Å²) in [7, 11) is -2.82. The molecule has 1 atom stereocenters. The molecule has 2 heterocycles. The summed E-state index contributed by atoms with van der Waals surface area (Å²) < 4.78 is 22.9. The van der Waals surface area contributed by atoms with E-state index in [1.54, 1.807) is 11.3 Å². The number of sulfone groups is 1. The zero-order valence-corrected chi connectivity index (χ0v) is 11.8. The van der Waals surface area contributed by atoms with Gasteiger partial charge in [-0.15, -0.1) is 11.3 Å². The molecule has 6 heteroatoms. The van der Waals surface area contributed by atoms with E-state index in [0.717, 1.165) is 25.1 Å². The van der Waals surface area contributed by atoms with Crippen LogP contribution in [-0.4, -0.2) is 37.0 Å². The second kappa shape index (κ2) is 4.66. The molecule has 1 aliphatic heterocycles.